The highest BCUT2D eigenvalue weighted by molar-refractivity contribution is 7.89. The average Bonchev–Trinajstić information content (AvgIpc) is 2.68. The minimum absolute atomic E-state index is 0.156. The molecule has 0 spiro atoms. The van der Waals surface area contributed by atoms with E-state index in [0.29, 0.717) is 24.3 Å². The highest BCUT2D eigenvalue weighted by Crippen LogP contribution is 2.22. The SMILES string of the molecule is CCN(CC)S(=O)(=O)c1cccc(NC(=O)c2cccc3ncccc23)c1. The first-order valence-corrected chi connectivity index (χ1v) is 10.2. The van der Waals surface area contributed by atoms with E-state index in [4.69, 9.17) is 0 Å². The van der Waals surface area contributed by atoms with Crippen molar-refractivity contribution in [2.24, 2.45) is 0 Å². The number of carbonyl (C=O) groups excluding carboxylic acids is 1. The first-order valence-electron chi connectivity index (χ1n) is 8.72. The van der Waals surface area contributed by atoms with Gasteiger partial charge in [0.25, 0.3) is 5.91 Å². The molecule has 3 aromatic rings. The number of rotatable bonds is 6. The zero-order valence-corrected chi connectivity index (χ0v) is 16.0. The number of anilines is 1. The van der Waals surface area contributed by atoms with E-state index >= 15 is 0 Å². The highest BCUT2D eigenvalue weighted by atomic mass is 32.2. The minimum atomic E-state index is -3.59. The van der Waals surface area contributed by atoms with Crippen molar-refractivity contribution < 1.29 is 13.2 Å². The number of hydrogen-bond acceptors (Lipinski definition) is 4. The van der Waals surface area contributed by atoms with Crippen molar-refractivity contribution in [3.8, 4) is 0 Å². The Morgan fingerprint density at radius 3 is 2.52 bits per heavy atom. The molecule has 1 aromatic heterocycles. The number of carbonyl (C=O) groups is 1. The molecule has 0 saturated heterocycles. The third-order valence-corrected chi connectivity index (χ3v) is 6.37. The van der Waals surface area contributed by atoms with Crippen LogP contribution in [0.3, 0.4) is 0 Å². The predicted octanol–water partition coefficient (Wildman–Crippen LogP) is 3.52. The lowest BCUT2D eigenvalue weighted by molar-refractivity contribution is 0.102. The number of fused-ring (bicyclic) bond motifs is 1. The first-order chi connectivity index (χ1) is 13.0. The zero-order chi connectivity index (χ0) is 19.4. The number of nitrogens with one attached hydrogen (secondary N) is 1. The number of amides is 1. The number of benzene rings is 2. The van der Waals surface area contributed by atoms with Gasteiger partial charge in [-0.25, -0.2) is 8.42 Å². The molecule has 0 saturated carbocycles. The van der Waals surface area contributed by atoms with Crippen LogP contribution in [0.25, 0.3) is 10.9 Å². The summed E-state index contributed by atoms with van der Waals surface area (Å²) in [6, 6.07) is 15.2. The number of pyridine rings is 1. The van der Waals surface area contributed by atoms with Crippen LogP contribution in [0.1, 0.15) is 24.2 Å². The Kier molecular flexibility index (Phi) is 5.53. The third-order valence-electron chi connectivity index (χ3n) is 4.33. The second kappa shape index (κ2) is 7.85. The van der Waals surface area contributed by atoms with Crippen molar-refractivity contribution in [3.63, 3.8) is 0 Å². The summed E-state index contributed by atoms with van der Waals surface area (Å²) >= 11 is 0. The molecule has 1 heterocycles. The van der Waals surface area contributed by atoms with Gasteiger partial charge in [0.05, 0.1) is 10.4 Å². The summed E-state index contributed by atoms with van der Waals surface area (Å²) in [5.41, 5.74) is 1.63. The van der Waals surface area contributed by atoms with E-state index in [1.54, 1.807) is 50.4 Å². The van der Waals surface area contributed by atoms with Gasteiger partial charge in [-0.15, -0.1) is 0 Å². The average molecular weight is 383 g/mol. The molecule has 0 aliphatic carbocycles. The normalized spacial score (nSPS) is 11.7. The maximum atomic E-state index is 12.7. The summed E-state index contributed by atoms with van der Waals surface area (Å²) in [6.45, 7) is 4.36. The summed E-state index contributed by atoms with van der Waals surface area (Å²) < 4.78 is 26.7. The van der Waals surface area contributed by atoms with Crippen LogP contribution in [0.2, 0.25) is 0 Å². The molecule has 0 unspecified atom stereocenters. The van der Waals surface area contributed by atoms with Crippen molar-refractivity contribution in [2.45, 2.75) is 18.7 Å². The Morgan fingerprint density at radius 1 is 1.04 bits per heavy atom. The topological polar surface area (TPSA) is 79.4 Å². The van der Waals surface area contributed by atoms with Crippen LogP contribution in [-0.2, 0) is 10.0 Å². The fourth-order valence-corrected chi connectivity index (χ4v) is 4.45. The lowest BCUT2D eigenvalue weighted by atomic mass is 10.1. The van der Waals surface area contributed by atoms with Crippen LogP contribution in [0.15, 0.2) is 65.7 Å². The largest absolute Gasteiger partial charge is 0.322 e. The molecule has 27 heavy (non-hydrogen) atoms. The Balaban J connectivity index is 1.91. The van der Waals surface area contributed by atoms with Crippen molar-refractivity contribution >= 4 is 32.5 Å². The standard InChI is InChI=1S/C20H21N3O3S/c1-3-23(4-2)27(25,26)16-9-5-8-15(14-16)22-20(24)18-10-6-12-19-17(18)11-7-13-21-19/h5-14H,3-4H2,1-2H3,(H,22,24). The summed E-state index contributed by atoms with van der Waals surface area (Å²) in [5, 5.41) is 3.53. The van der Waals surface area contributed by atoms with Crippen LogP contribution < -0.4 is 5.32 Å². The van der Waals surface area contributed by atoms with Crippen LogP contribution in [0.5, 0.6) is 0 Å². The summed E-state index contributed by atoms with van der Waals surface area (Å²) in [7, 11) is -3.59. The van der Waals surface area contributed by atoms with Gasteiger partial charge >= 0.3 is 0 Å². The molecule has 1 N–H and O–H groups in total. The fourth-order valence-electron chi connectivity index (χ4n) is 2.95. The maximum absolute atomic E-state index is 12.7. The quantitative estimate of drug-likeness (QED) is 0.706. The van der Waals surface area contributed by atoms with Gasteiger partial charge in [-0.05, 0) is 36.4 Å². The molecule has 6 nitrogen and oxygen atoms in total. The Bertz CT molecular complexity index is 1070. The van der Waals surface area contributed by atoms with E-state index < -0.39 is 10.0 Å². The first kappa shape index (κ1) is 19.0. The van der Waals surface area contributed by atoms with Crippen molar-refractivity contribution in [3.05, 3.63) is 66.4 Å². The summed E-state index contributed by atoms with van der Waals surface area (Å²) in [6.07, 6.45) is 1.67. The monoisotopic (exact) mass is 383 g/mol. The number of hydrogen-bond donors (Lipinski definition) is 1. The van der Waals surface area contributed by atoms with Gasteiger partial charge in [-0.3, -0.25) is 9.78 Å². The van der Waals surface area contributed by atoms with Gasteiger partial charge in [0, 0.05) is 35.9 Å². The van der Waals surface area contributed by atoms with Gasteiger partial charge < -0.3 is 5.32 Å². The predicted molar refractivity (Wildman–Crippen MR) is 106 cm³/mol. The van der Waals surface area contributed by atoms with E-state index in [1.165, 1.54) is 16.4 Å². The summed E-state index contributed by atoms with van der Waals surface area (Å²) in [4.78, 5) is 17.1. The van der Waals surface area contributed by atoms with Gasteiger partial charge in [-0.1, -0.05) is 32.0 Å². The molecule has 2 aromatic carbocycles. The molecule has 0 fully saturated rings. The maximum Gasteiger partial charge on any atom is 0.256 e. The molecule has 0 aliphatic rings. The molecule has 3 rings (SSSR count). The van der Waals surface area contributed by atoms with Gasteiger partial charge in [0.15, 0.2) is 0 Å². The van der Waals surface area contributed by atoms with Crippen LogP contribution in [0.4, 0.5) is 5.69 Å². The minimum Gasteiger partial charge on any atom is -0.322 e. The Labute approximate surface area is 158 Å². The van der Waals surface area contributed by atoms with Crippen molar-refractivity contribution in [1.82, 2.24) is 9.29 Å². The van der Waals surface area contributed by atoms with Crippen LogP contribution >= 0.6 is 0 Å². The number of nitrogens with zero attached hydrogens (tertiary/aromatic N) is 2. The van der Waals surface area contributed by atoms with E-state index in [2.05, 4.69) is 10.3 Å². The van der Waals surface area contributed by atoms with E-state index in [0.717, 1.165) is 10.9 Å². The smallest absolute Gasteiger partial charge is 0.256 e. The molecule has 0 aliphatic heterocycles. The second-order valence-electron chi connectivity index (χ2n) is 5.95. The third kappa shape index (κ3) is 3.84. The molecule has 1 amide bonds. The van der Waals surface area contributed by atoms with E-state index in [1.807, 2.05) is 12.1 Å². The van der Waals surface area contributed by atoms with E-state index in [-0.39, 0.29) is 10.8 Å². The molecular formula is C20H21N3O3S. The molecule has 0 radical (unpaired) electrons. The van der Waals surface area contributed by atoms with Crippen molar-refractivity contribution in [2.75, 3.05) is 18.4 Å². The zero-order valence-electron chi connectivity index (χ0n) is 15.2. The lowest BCUT2D eigenvalue weighted by Crippen LogP contribution is -2.30. The lowest BCUT2D eigenvalue weighted by Gasteiger charge is -2.19. The molecule has 140 valence electrons. The van der Waals surface area contributed by atoms with Crippen LogP contribution in [-0.4, -0.2) is 36.7 Å². The number of aromatic nitrogens is 1. The molecule has 7 heteroatoms. The molecular weight excluding hydrogens is 362 g/mol. The van der Waals surface area contributed by atoms with Gasteiger partial charge in [0.2, 0.25) is 10.0 Å². The number of sulfonamides is 1. The second-order valence-corrected chi connectivity index (χ2v) is 7.88. The van der Waals surface area contributed by atoms with Gasteiger partial charge in [-0.2, -0.15) is 4.31 Å². The van der Waals surface area contributed by atoms with Crippen molar-refractivity contribution in [1.29, 1.82) is 0 Å². The highest BCUT2D eigenvalue weighted by Gasteiger charge is 2.22. The summed E-state index contributed by atoms with van der Waals surface area (Å²) in [5.74, 6) is -0.314. The van der Waals surface area contributed by atoms with Crippen LogP contribution in [0, 0.1) is 0 Å². The molecule has 0 bridgehead atoms. The van der Waals surface area contributed by atoms with Gasteiger partial charge in [0.1, 0.15) is 0 Å². The molecule has 0 atom stereocenters. The fraction of sp³-hybridized carbons (Fsp3) is 0.200. The Morgan fingerprint density at radius 2 is 1.78 bits per heavy atom. The Hall–Kier alpha value is -2.77. The van der Waals surface area contributed by atoms with E-state index in [9.17, 15) is 13.2 Å².